The number of hydrogen-bond donors (Lipinski definition) is 3. The molecule has 0 saturated heterocycles. The summed E-state index contributed by atoms with van der Waals surface area (Å²) in [6.45, 7) is 2.54. The maximum absolute atomic E-state index is 12.7. The van der Waals surface area contributed by atoms with E-state index < -0.39 is 0 Å². The Morgan fingerprint density at radius 1 is 1.23 bits per heavy atom. The van der Waals surface area contributed by atoms with Gasteiger partial charge in [0.15, 0.2) is 5.16 Å². The molecule has 2 aromatic heterocycles. The Bertz CT molecular complexity index is 1520. The van der Waals surface area contributed by atoms with Crippen molar-refractivity contribution in [1.82, 2.24) is 19.4 Å². The standard InChI is InChI=1S/C28H32ClN7O2S/c1-17(30)20-16-32-22-15-24(38-5)23(34-26(37)7-6-11-35(2)3)14-19(22)27(20)33-18-8-9-25(21(29)13-18)39-28-31-10-12-36(28)4/h8-10,12-16,30H,6-7,11H2,1-5H3,(H,32,33)(H,34,37). The monoisotopic (exact) mass is 565 g/mol. The number of nitrogens with zero attached hydrogens (tertiary/aromatic N) is 4. The quantitative estimate of drug-likeness (QED) is 0.186. The SMILES string of the molecule is COc1cc2ncc(C(C)=N)c(Nc3ccc(Sc4nccn4C)c(Cl)c3)c2cc1NC(=O)CCCN(C)C. The molecule has 4 rings (SSSR count). The molecule has 1 amide bonds. The van der Waals surface area contributed by atoms with Crippen LogP contribution in [-0.4, -0.2) is 58.8 Å². The molecule has 0 unspecified atom stereocenters. The second-order valence-electron chi connectivity index (χ2n) is 9.39. The van der Waals surface area contributed by atoms with Crippen molar-refractivity contribution in [2.24, 2.45) is 7.05 Å². The molecule has 0 fully saturated rings. The minimum atomic E-state index is -0.0936. The number of pyridine rings is 1. The number of nitrogens with one attached hydrogen (secondary N) is 3. The minimum absolute atomic E-state index is 0.0936. The number of aromatic nitrogens is 3. The maximum atomic E-state index is 12.7. The van der Waals surface area contributed by atoms with Crippen LogP contribution in [0.1, 0.15) is 25.3 Å². The summed E-state index contributed by atoms with van der Waals surface area (Å²) < 4.78 is 7.49. The van der Waals surface area contributed by atoms with E-state index >= 15 is 0 Å². The smallest absolute Gasteiger partial charge is 0.224 e. The average molecular weight is 566 g/mol. The van der Waals surface area contributed by atoms with Crippen LogP contribution in [-0.2, 0) is 11.8 Å². The molecule has 4 aromatic rings. The van der Waals surface area contributed by atoms with Gasteiger partial charge < -0.3 is 30.2 Å². The topological polar surface area (TPSA) is 108 Å². The first-order valence-electron chi connectivity index (χ1n) is 12.4. The predicted octanol–water partition coefficient (Wildman–Crippen LogP) is 6.19. The Balaban J connectivity index is 1.68. The van der Waals surface area contributed by atoms with Gasteiger partial charge in [0.25, 0.3) is 0 Å². The third kappa shape index (κ3) is 6.89. The molecular weight excluding hydrogens is 534 g/mol. The number of methoxy groups -OCH3 is 1. The molecule has 0 radical (unpaired) electrons. The summed E-state index contributed by atoms with van der Waals surface area (Å²) in [7, 11) is 7.46. The van der Waals surface area contributed by atoms with Crippen LogP contribution in [0.2, 0.25) is 5.02 Å². The minimum Gasteiger partial charge on any atom is -0.494 e. The van der Waals surface area contributed by atoms with Crippen LogP contribution < -0.4 is 15.4 Å². The number of aryl methyl sites for hydroxylation is 1. The Hall–Kier alpha value is -3.60. The molecule has 0 spiro atoms. The lowest BCUT2D eigenvalue weighted by molar-refractivity contribution is -0.116. The summed E-state index contributed by atoms with van der Waals surface area (Å²) in [4.78, 5) is 24.5. The lowest BCUT2D eigenvalue weighted by Gasteiger charge is -2.18. The molecule has 9 nitrogen and oxygen atoms in total. The number of anilines is 3. The van der Waals surface area contributed by atoms with Gasteiger partial charge in [0.05, 0.1) is 29.0 Å². The van der Waals surface area contributed by atoms with Gasteiger partial charge in [-0.25, -0.2) is 4.98 Å². The summed E-state index contributed by atoms with van der Waals surface area (Å²) >= 11 is 8.13. The maximum Gasteiger partial charge on any atom is 0.224 e. The average Bonchev–Trinajstić information content (AvgIpc) is 3.29. The summed E-state index contributed by atoms with van der Waals surface area (Å²) in [5, 5.41) is 16.9. The molecule has 3 N–H and O–H groups in total. The van der Waals surface area contributed by atoms with Crippen molar-refractivity contribution in [3.8, 4) is 5.75 Å². The second kappa shape index (κ2) is 12.5. The van der Waals surface area contributed by atoms with Crippen LogP contribution in [0.25, 0.3) is 10.9 Å². The van der Waals surface area contributed by atoms with Gasteiger partial charge >= 0.3 is 0 Å². The van der Waals surface area contributed by atoms with Crippen LogP contribution in [0.15, 0.2) is 59.0 Å². The van der Waals surface area contributed by atoms with E-state index in [0.29, 0.717) is 45.4 Å². The number of rotatable bonds is 11. The summed E-state index contributed by atoms with van der Waals surface area (Å²) in [5.74, 6) is 0.420. The first-order chi connectivity index (χ1) is 18.7. The fraction of sp³-hybridized carbons (Fsp3) is 0.286. The highest BCUT2D eigenvalue weighted by Crippen LogP contribution is 2.38. The molecule has 0 aliphatic carbocycles. The van der Waals surface area contributed by atoms with Gasteiger partial charge in [-0.3, -0.25) is 9.78 Å². The van der Waals surface area contributed by atoms with Crippen molar-refractivity contribution < 1.29 is 9.53 Å². The van der Waals surface area contributed by atoms with E-state index in [-0.39, 0.29) is 5.91 Å². The number of hydrogen-bond acceptors (Lipinski definition) is 8. The number of halogens is 1. The second-order valence-corrected chi connectivity index (χ2v) is 10.8. The van der Waals surface area contributed by atoms with Crippen LogP contribution in [0, 0.1) is 5.41 Å². The zero-order valence-corrected chi connectivity index (χ0v) is 24.2. The summed E-state index contributed by atoms with van der Waals surface area (Å²) in [5.41, 5.74) is 3.65. The molecule has 2 aromatic carbocycles. The lowest BCUT2D eigenvalue weighted by atomic mass is 10.0. The van der Waals surface area contributed by atoms with Crippen LogP contribution in [0.4, 0.5) is 17.1 Å². The molecule has 0 aliphatic heterocycles. The Kier molecular flexibility index (Phi) is 9.11. The number of carbonyl (C=O) groups excluding carboxylic acids is 1. The van der Waals surface area contributed by atoms with E-state index in [1.165, 1.54) is 11.8 Å². The van der Waals surface area contributed by atoms with Crippen molar-refractivity contribution in [2.75, 3.05) is 38.4 Å². The summed E-state index contributed by atoms with van der Waals surface area (Å²) in [6.07, 6.45) is 6.44. The van der Waals surface area contributed by atoms with Crippen molar-refractivity contribution >= 4 is 62.9 Å². The van der Waals surface area contributed by atoms with Gasteiger partial charge in [0.1, 0.15) is 5.75 Å². The first kappa shape index (κ1) is 28.4. The largest absolute Gasteiger partial charge is 0.494 e. The number of carbonyl (C=O) groups is 1. The van der Waals surface area contributed by atoms with Gasteiger partial charge in [0, 0.05) is 65.4 Å². The van der Waals surface area contributed by atoms with E-state index in [1.54, 1.807) is 32.5 Å². The Labute approximate surface area is 237 Å². The van der Waals surface area contributed by atoms with Crippen LogP contribution >= 0.6 is 23.4 Å². The number of fused-ring (bicyclic) bond motifs is 1. The number of ether oxygens (including phenoxy) is 1. The molecule has 0 atom stereocenters. The van der Waals surface area contributed by atoms with Crippen LogP contribution in [0.3, 0.4) is 0 Å². The normalized spacial score (nSPS) is 11.2. The molecule has 11 heteroatoms. The van der Waals surface area contributed by atoms with Gasteiger partial charge in [-0.05, 0) is 58.3 Å². The summed E-state index contributed by atoms with van der Waals surface area (Å²) in [6, 6.07) is 9.35. The van der Waals surface area contributed by atoms with Gasteiger partial charge in [-0.15, -0.1) is 0 Å². The first-order valence-corrected chi connectivity index (χ1v) is 13.6. The number of imidazole rings is 1. The zero-order chi connectivity index (χ0) is 28.1. The van der Waals surface area contributed by atoms with E-state index in [0.717, 1.165) is 34.1 Å². The van der Waals surface area contributed by atoms with Gasteiger partial charge in [-0.1, -0.05) is 23.4 Å². The molecular formula is C28H32ClN7O2S. The lowest BCUT2D eigenvalue weighted by Crippen LogP contribution is -2.17. The molecule has 2 heterocycles. The van der Waals surface area contributed by atoms with E-state index in [2.05, 4.69) is 20.6 Å². The predicted molar refractivity (Wildman–Crippen MR) is 159 cm³/mol. The van der Waals surface area contributed by atoms with E-state index in [4.69, 9.17) is 21.7 Å². The number of benzene rings is 2. The Morgan fingerprint density at radius 2 is 2.03 bits per heavy atom. The fourth-order valence-corrected chi connectivity index (χ4v) is 5.13. The van der Waals surface area contributed by atoms with E-state index in [9.17, 15) is 4.79 Å². The third-order valence-corrected chi connectivity index (χ3v) is 7.63. The van der Waals surface area contributed by atoms with Crippen molar-refractivity contribution in [3.63, 3.8) is 0 Å². The van der Waals surface area contributed by atoms with Crippen molar-refractivity contribution in [3.05, 3.63) is 59.5 Å². The fourth-order valence-electron chi connectivity index (χ4n) is 4.03. The number of amides is 1. The van der Waals surface area contributed by atoms with Crippen LogP contribution in [0.5, 0.6) is 5.75 Å². The highest BCUT2D eigenvalue weighted by Gasteiger charge is 2.17. The zero-order valence-electron chi connectivity index (χ0n) is 22.6. The third-order valence-electron chi connectivity index (χ3n) is 6.06. The van der Waals surface area contributed by atoms with Gasteiger partial charge in [-0.2, -0.15) is 0 Å². The molecule has 0 aliphatic rings. The van der Waals surface area contributed by atoms with Crippen molar-refractivity contribution in [1.29, 1.82) is 5.41 Å². The van der Waals surface area contributed by atoms with E-state index in [1.807, 2.05) is 61.1 Å². The highest BCUT2D eigenvalue weighted by atomic mass is 35.5. The van der Waals surface area contributed by atoms with Gasteiger partial charge in [0.2, 0.25) is 5.91 Å². The Morgan fingerprint density at radius 3 is 2.67 bits per heavy atom. The highest BCUT2D eigenvalue weighted by molar-refractivity contribution is 7.99. The molecule has 39 heavy (non-hydrogen) atoms. The molecule has 0 bridgehead atoms. The van der Waals surface area contributed by atoms with Crippen molar-refractivity contribution in [2.45, 2.75) is 29.8 Å². The molecule has 204 valence electrons. The molecule has 0 saturated carbocycles.